The van der Waals surface area contributed by atoms with Crippen molar-refractivity contribution >= 4 is 17.7 Å². The summed E-state index contributed by atoms with van der Waals surface area (Å²) in [6.45, 7) is 7.05. The van der Waals surface area contributed by atoms with Crippen LogP contribution in [0.2, 0.25) is 0 Å². The number of nitrogens with zero attached hydrogens (tertiary/aromatic N) is 3. The average Bonchev–Trinajstić information content (AvgIpc) is 2.74. The molecule has 0 aromatic carbocycles. The van der Waals surface area contributed by atoms with Crippen molar-refractivity contribution in [2.75, 3.05) is 12.9 Å². The molecule has 0 amide bonds. The van der Waals surface area contributed by atoms with Crippen LogP contribution in [0.4, 0.5) is 0 Å². The van der Waals surface area contributed by atoms with E-state index in [1.54, 1.807) is 18.1 Å². The van der Waals surface area contributed by atoms with E-state index in [2.05, 4.69) is 23.9 Å². The predicted octanol–water partition coefficient (Wildman–Crippen LogP) is 1.98. The summed E-state index contributed by atoms with van der Waals surface area (Å²) in [5.41, 5.74) is 0. The predicted molar refractivity (Wildman–Crippen MR) is 72.2 cm³/mol. The summed E-state index contributed by atoms with van der Waals surface area (Å²) < 4.78 is 6.62. The van der Waals surface area contributed by atoms with Gasteiger partial charge in [-0.25, -0.2) is 9.67 Å². The zero-order chi connectivity index (χ0) is 13.5. The number of hydrogen-bond donors (Lipinski definition) is 0. The lowest BCUT2D eigenvalue weighted by Gasteiger charge is -2.10. The van der Waals surface area contributed by atoms with Gasteiger partial charge in [-0.1, -0.05) is 20.8 Å². The maximum absolute atomic E-state index is 11.2. The molecule has 0 aliphatic carbocycles. The van der Waals surface area contributed by atoms with Gasteiger partial charge in [0.15, 0.2) is 0 Å². The van der Waals surface area contributed by atoms with Gasteiger partial charge in [0.25, 0.3) is 0 Å². The summed E-state index contributed by atoms with van der Waals surface area (Å²) in [6.07, 6.45) is 1.59. The first-order valence-corrected chi connectivity index (χ1v) is 7.22. The molecule has 1 rings (SSSR count). The number of carbonyl (C=O) groups is 1. The average molecular weight is 271 g/mol. The number of ether oxygens (including phenoxy) is 1. The Labute approximate surface area is 112 Å². The van der Waals surface area contributed by atoms with Gasteiger partial charge >= 0.3 is 5.97 Å². The molecule has 0 aliphatic rings. The lowest BCUT2D eigenvalue weighted by molar-refractivity contribution is -0.143. The Kier molecular flexibility index (Phi) is 6.18. The molecule has 0 radical (unpaired) electrons. The van der Waals surface area contributed by atoms with Gasteiger partial charge in [0.1, 0.15) is 12.2 Å². The van der Waals surface area contributed by atoms with Crippen molar-refractivity contribution < 1.29 is 9.53 Å². The Morgan fingerprint density at radius 3 is 2.83 bits per heavy atom. The first-order valence-electron chi connectivity index (χ1n) is 6.06. The molecule has 1 aromatic rings. The van der Waals surface area contributed by atoms with Gasteiger partial charge in [0.05, 0.1) is 18.8 Å². The summed E-state index contributed by atoms with van der Waals surface area (Å²) in [4.78, 5) is 15.5. The number of carbonyl (C=O) groups excluding carboxylic acids is 1. The van der Waals surface area contributed by atoms with Crippen LogP contribution in [0.15, 0.2) is 6.33 Å². The van der Waals surface area contributed by atoms with Crippen LogP contribution in [0.5, 0.6) is 0 Å². The molecule has 0 N–H and O–H groups in total. The van der Waals surface area contributed by atoms with E-state index < -0.39 is 0 Å². The third kappa shape index (κ3) is 4.68. The summed E-state index contributed by atoms with van der Waals surface area (Å²) in [5.74, 6) is 2.78. The topological polar surface area (TPSA) is 57.0 Å². The second kappa shape index (κ2) is 7.41. The van der Waals surface area contributed by atoms with Crippen LogP contribution in [-0.2, 0) is 21.8 Å². The summed E-state index contributed by atoms with van der Waals surface area (Å²) in [5, 5.41) is 4.21. The number of esters is 1. The molecule has 5 nitrogen and oxygen atoms in total. The van der Waals surface area contributed by atoms with Crippen LogP contribution in [0.1, 0.15) is 26.6 Å². The molecule has 0 bridgehead atoms. The fraction of sp³-hybridized carbons (Fsp3) is 0.750. The Balaban J connectivity index is 2.39. The standard InChI is InChI=1S/C12H21N3O2S/c1-9(2)5-15-11(13-8-14-15)7-18-6-10(3)12(16)17-4/h8-10H,5-7H2,1-4H3. The molecular formula is C12H21N3O2S. The second-order valence-corrected chi connectivity index (χ2v) is 5.72. The highest BCUT2D eigenvalue weighted by atomic mass is 32.2. The molecule has 18 heavy (non-hydrogen) atoms. The van der Waals surface area contributed by atoms with Crippen LogP contribution >= 0.6 is 11.8 Å². The number of hydrogen-bond acceptors (Lipinski definition) is 5. The van der Waals surface area contributed by atoms with E-state index >= 15 is 0 Å². The first-order chi connectivity index (χ1) is 8.54. The van der Waals surface area contributed by atoms with Gasteiger partial charge in [-0.2, -0.15) is 16.9 Å². The summed E-state index contributed by atoms with van der Waals surface area (Å²) in [7, 11) is 1.42. The first kappa shape index (κ1) is 15.0. The smallest absolute Gasteiger partial charge is 0.309 e. The van der Waals surface area contributed by atoms with E-state index in [0.717, 1.165) is 23.9 Å². The van der Waals surface area contributed by atoms with Gasteiger partial charge in [0.2, 0.25) is 0 Å². The third-order valence-electron chi connectivity index (χ3n) is 2.44. The molecule has 102 valence electrons. The van der Waals surface area contributed by atoms with Crippen molar-refractivity contribution in [3.05, 3.63) is 12.2 Å². The van der Waals surface area contributed by atoms with Crippen molar-refractivity contribution in [2.24, 2.45) is 11.8 Å². The molecule has 0 saturated heterocycles. The Morgan fingerprint density at radius 1 is 1.50 bits per heavy atom. The summed E-state index contributed by atoms with van der Waals surface area (Å²) >= 11 is 1.68. The van der Waals surface area contributed by atoms with E-state index in [4.69, 9.17) is 4.74 Å². The van der Waals surface area contributed by atoms with E-state index in [1.165, 1.54) is 7.11 Å². The molecular weight excluding hydrogens is 250 g/mol. The molecule has 1 unspecified atom stereocenters. The Morgan fingerprint density at radius 2 is 2.22 bits per heavy atom. The van der Waals surface area contributed by atoms with E-state index in [0.29, 0.717) is 5.92 Å². The fourth-order valence-electron chi connectivity index (χ4n) is 1.49. The minimum atomic E-state index is -0.161. The lowest BCUT2D eigenvalue weighted by atomic mass is 10.2. The number of methoxy groups -OCH3 is 1. The van der Waals surface area contributed by atoms with Crippen molar-refractivity contribution in [3.8, 4) is 0 Å². The second-order valence-electron chi connectivity index (χ2n) is 4.69. The zero-order valence-corrected chi connectivity index (χ0v) is 12.2. The minimum Gasteiger partial charge on any atom is -0.469 e. The molecule has 0 aliphatic heterocycles. The van der Waals surface area contributed by atoms with Gasteiger partial charge in [-0.3, -0.25) is 4.79 Å². The van der Waals surface area contributed by atoms with E-state index in [-0.39, 0.29) is 11.9 Å². The molecule has 1 atom stereocenters. The van der Waals surface area contributed by atoms with E-state index in [1.807, 2.05) is 11.6 Å². The van der Waals surface area contributed by atoms with Gasteiger partial charge in [-0.15, -0.1) is 0 Å². The SMILES string of the molecule is COC(=O)C(C)CSCc1ncnn1CC(C)C. The normalized spacial score (nSPS) is 12.7. The number of aromatic nitrogens is 3. The molecule has 6 heteroatoms. The van der Waals surface area contributed by atoms with Crippen molar-refractivity contribution in [1.29, 1.82) is 0 Å². The minimum absolute atomic E-state index is 0.0820. The monoisotopic (exact) mass is 271 g/mol. The third-order valence-corrected chi connectivity index (χ3v) is 3.63. The maximum Gasteiger partial charge on any atom is 0.309 e. The molecule has 0 spiro atoms. The Bertz CT molecular complexity index is 379. The highest BCUT2D eigenvalue weighted by Gasteiger charge is 2.14. The summed E-state index contributed by atoms with van der Waals surface area (Å²) in [6, 6.07) is 0. The van der Waals surface area contributed by atoms with Crippen LogP contribution in [0, 0.1) is 11.8 Å². The number of rotatable bonds is 7. The maximum atomic E-state index is 11.2. The number of thioether (sulfide) groups is 1. The zero-order valence-electron chi connectivity index (χ0n) is 11.4. The van der Waals surface area contributed by atoms with Crippen molar-refractivity contribution in [1.82, 2.24) is 14.8 Å². The van der Waals surface area contributed by atoms with Gasteiger partial charge in [0, 0.05) is 12.3 Å². The highest BCUT2D eigenvalue weighted by molar-refractivity contribution is 7.98. The highest BCUT2D eigenvalue weighted by Crippen LogP contribution is 2.15. The van der Waals surface area contributed by atoms with Crippen molar-refractivity contribution in [3.63, 3.8) is 0 Å². The van der Waals surface area contributed by atoms with Crippen LogP contribution < -0.4 is 0 Å². The molecule has 1 aromatic heterocycles. The largest absolute Gasteiger partial charge is 0.469 e. The Hall–Kier alpha value is -1.04. The van der Waals surface area contributed by atoms with E-state index in [9.17, 15) is 4.79 Å². The quantitative estimate of drug-likeness (QED) is 0.710. The molecule has 0 saturated carbocycles. The van der Waals surface area contributed by atoms with Crippen LogP contribution in [0.3, 0.4) is 0 Å². The van der Waals surface area contributed by atoms with Crippen molar-refractivity contribution in [2.45, 2.75) is 33.1 Å². The van der Waals surface area contributed by atoms with Gasteiger partial charge in [-0.05, 0) is 5.92 Å². The molecule has 1 heterocycles. The van der Waals surface area contributed by atoms with Gasteiger partial charge < -0.3 is 4.74 Å². The fourth-order valence-corrected chi connectivity index (χ4v) is 2.51. The lowest BCUT2D eigenvalue weighted by Crippen LogP contribution is -2.15. The van der Waals surface area contributed by atoms with Crippen LogP contribution in [-0.4, -0.2) is 33.6 Å². The van der Waals surface area contributed by atoms with Crippen LogP contribution in [0.25, 0.3) is 0 Å². The molecule has 0 fully saturated rings.